The quantitative estimate of drug-likeness (QED) is 0.0393. The fourth-order valence-electron chi connectivity index (χ4n) is 5.86. The molecule has 0 spiro atoms. The lowest BCUT2D eigenvalue weighted by Gasteiger charge is -2.50. The van der Waals surface area contributed by atoms with Gasteiger partial charge < -0.3 is 31.5 Å². The van der Waals surface area contributed by atoms with Crippen LogP contribution >= 0.6 is 11.3 Å². The van der Waals surface area contributed by atoms with Crippen molar-refractivity contribution in [2.45, 2.75) is 57.8 Å². The number of hydrogen-bond donors (Lipinski definition) is 5. The summed E-state index contributed by atoms with van der Waals surface area (Å²) in [6.45, 7) is 6.66. The molecule has 0 radical (unpaired) electrons. The average molecular weight is 750 g/mol. The molecule has 2 aliphatic heterocycles. The van der Waals surface area contributed by atoms with E-state index < -0.39 is 64.4 Å². The molecule has 1 amide bonds. The fraction of sp³-hybridized carbons (Fsp3) is 0.484. The van der Waals surface area contributed by atoms with Crippen LogP contribution in [-0.2, 0) is 47.0 Å². The molecule has 2 fully saturated rings. The normalized spacial score (nSPS) is 19.5. The second-order valence-corrected chi connectivity index (χ2v) is 14.6. The van der Waals surface area contributed by atoms with Crippen LogP contribution in [0.2, 0.25) is 0 Å². The molecule has 2 unspecified atom stereocenters. The number of carboxylic acids is 1. The number of carbonyl (C=O) groups excluding carboxylic acids is 2. The van der Waals surface area contributed by atoms with Crippen LogP contribution in [0.1, 0.15) is 38.8 Å². The number of nitrogens with zero attached hydrogens (tertiary/aromatic N) is 5. The van der Waals surface area contributed by atoms with Gasteiger partial charge in [0.15, 0.2) is 23.2 Å². The van der Waals surface area contributed by atoms with E-state index in [2.05, 4.69) is 41.5 Å². The van der Waals surface area contributed by atoms with Crippen LogP contribution in [0.3, 0.4) is 0 Å². The Morgan fingerprint density at radius 1 is 1.25 bits per heavy atom. The molecule has 7 N–H and O–H groups in total. The minimum Gasteiger partial charge on any atom is -0.489 e. The second-order valence-electron chi connectivity index (χ2n) is 12.7. The van der Waals surface area contributed by atoms with Gasteiger partial charge in [-0.1, -0.05) is 17.3 Å². The van der Waals surface area contributed by atoms with Crippen LogP contribution in [0.25, 0.3) is 11.1 Å². The SMILES string of the molecule is CC1(C)C(CC(=O)/C(=N\O[C@@H](COc2ccc(-c3cn(CCCN)[n+](CC4CCNC4)c3)cc2)C(=O)O)c2csc(N)n2)C(=O)N1OS(=O)(=O)O. The van der Waals surface area contributed by atoms with Gasteiger partial charge in [0.2, 0.25) is 6.20 Å². The van der Waals surface area contributed by atoms with E-state index >= 15 is 0 Å². The third kappa shape index (κ3) is 9.26. The number of ketones is 1. The number of hydroxylamine groups is 2. The van der Waals surface area contributed by atoms with Gasteiger partial charge in [0.05, 0.1) is 29.8 Å². The Labute approximate surface area is 297 Å². The van der Waals surface area contributed by atoms with E-state index in [0.717, 1.165) is 61.5 Å². The monoisotopic (exact) mass is 749 g/mol. The number of benzene rings is 1. The molecule has 3 aromatic rings. The number of hydrogen-bond acceptors (Lipinski definition) is 14. The van der Waals surface area contributed by atoms with Crippen LogP contribution in [0.5, 0.6) is 5.75 Å². The first-order valence-corrected chi connectivity index (χ1v) is 18.4. The predicted molar refractivity (Wildman–Crippen MR) is 182 cm³/mol. The molecule has 4 heterocycles. The summed E-state index contributed by atoms with van der Waals surface area (Å²) in [5.41, 5.74) is 11.7. The van der Waals surface area contributed by atoms with E-state index in [1.54, 1.807) is 12.1 Å². The van der Waals surface area contributed by atoms with Gasteiger partial charge in [-0.3, -0.25) is 14.1 Å². The number of carbonyl (C=O) groups is 3. The highest BCUT2D eigenvalue weighted by molar-refractivity contribution is 7.80. The molecular weight excluding hydrogens is 709 g/mol. The maximum absolute atomic E-state index is 13.4. The molecule has 2 aliphatic rings. The highest BCUT2D eigenvalue weighted by atomic mass is 32.3. The number of carboxylic acid groups (broad SMARTS) is 1. The molecule has 18 nitrogen and oxygen atoms in total. The maximum Gasteiger partial charge on any atom is 0.418 e. The maximum atomic E-state index is 13.4. The molecule has 0 bridgehead atoms. The molecule has 20 heteroatoms. The number of aliphatic carboxylic acids is 1. The Balaban J connectivity index is 1.25. The zero-order valence-electron chi connectivity index (χ0n) is 28.0. The zero-order valence-corrected chi connectivity index (χ0v) is 29.6. The molecule has 276 valence electrons. The van der Waals surface area contributed by atoms with Crippen LogP contribution in [0, 0.1) is 11.8 Å². The number of thiazole rings is 1. The van der Waals surface area contributed by atoms with Gasteiger partial charge in [-0.2, -0.15) is 18.2 Å². The first kappa shape index (κ1) is 37.8. The molecular formula is C31H41N8O10S2+. The summed E-state index contributed by atoms with van der Waals surface area (Å²) < 4.78 is 45.8. The third-order valence-corrected chi connectivity index (χ3v) is 9.71. The summed E-state index contributed by atoms with van der Waals surface area (Å²) in [4.78, 5) is 47.4. The number of nitrogens with two attached hydrogens (primary N) is 2. The molecule has 1 aromatic carbocycles. The lowest BCUT2D eigenvalue weighted by molar-refractivity contribution is -0.780. The number of aromatic nitrogens is 3. The molecule has 0 aliphatic carbocycles. The first-order valence-electron chi connectivity index (χ1n) is 16.1. The standard InChI is InChI=1S/C31H40N8O10S2/c1-31(2)23(28(41)39(31)49-51(44,45)46)12-25(40)27(24-18-50-30(33)35-24)36-48-26(29(42)43)17-47-22-6-4-20(5-7-22)21-15-37(11-3-9-32)38(16-21)14-19-8-10-34-13-19/h4-7,15-16,18-19,23,26,34H,3,8-14,17,32H2,1-2H3,(H3-,33,35,42,43,44,45,46)/p+1/b36-27-/t19?,23?,26-/m0/s1. The van der Waals surface area contributed by atoms with Crippen molar-refractivity contribution in [3.05, 3.63) is 47.7 Å². The van der Waals surface area contributed by atoms with Crippen LogP contribution in [0.4, 0.5) is 5.13 Å². The number of rotatable bonds is 18. The van der Waals surface area contributed by atoms with Crippen molar-refractivity contribution in [2.75, 3.05) is 32.0 Å². The van der Waals surface area contributed by atoms with Gasteiger partial charge in [0.25, 0.3) is 12.0 Å². The Hall–Kier alpha value is -4.47. The van der Waals surface area contributed by atoms with Crippen molar-refractivity contribution in [1.82, 2.24) is 20.0 Å². The summed E-state index contributed by atoms with van der Waals surface area (Å²) in [5.74, 6) is -3.22. The largest absolute Gasteiger partial charge is 0.489 e. The number of nitrogen functional groups attached to an aromatic ring is 1. The third-order valence-electron chi connectivity index (χ3n) is 8.70. The van der Waals surface area contributed by atoms with Crippen molar-refractivity contribution >= 4 is 50.2 Å². The highest BCUT2D eigenvalue weighted by Crippen LogP contribution is 2.40. The smallest absolute Gasteiger partial charge is 0.418 e. The number of amides is 1. The highest BCUT2D eigenvalue weighted by Gasteiger charge is 2.57. The number of nitrogens with one attached hydrogen (secondary N) is 1. The van der Waals surface area contributed by atoms with Crippen molar-refractivity contribution in [3.8, 4) is 16.9 Å². The minimum atomic E-state index is -4.99. The Morgan fingerprint density at radius 2 is 2.00 bits per heavy atom. The number of ether oxygens (including phenoxy) is 1. The van der Waals surface area contributed by atoms with Gasteiger partial charge in [0, 0.05) is 24.3 Å². The lowest BCUT2D eigenvalue weighted by Crippen LogP contribution is -2.68. The lowest BCUT2D eigenvalue weighted by atomic mass is 9.74. The second kappa shape index (κ2) is 15.8. The van der Waals surface area contributed by atoms with Gasteiger partial charge in [0.1, 0.15) is 18.1 Å². The van der Waals surface area contributed by atoms with E-state index in [0.29, 0.717) is 23.3 Å². The molecule has 0 saturated carbocycles. The van der Waals surface area contributed by atoms with E-state index in [1.807, 2.05) is 12.1 Å². The molecule has 2 saturated heterocycles. The van der Waals surface area contributed by atoms with Crippen LogP contribution < -0.4 is 26.2 Å². The number of oxime groups is 1. The average Bonchev–Trinajstić information content (AvgIpc) is 3.85. The summed E-state index contributed by atoms with van der Waals surface area (Å²) in [5, 5.41) is 19.0. The van der Waals surface area contributed by atoms with Crippen molar-refractivity contribution in [2.24, 2.45) is 22.7 Å². The van der Waals surface area contributed by atoms with Gasteiger partial charge in [-0.05, 0) is 57.5 Å². The summed E-state index contributed by atoms with van der Waals surface area (Å²) in [6, 6.07) is 7.14. The summed E-state index contributed by atoms with van der Waals surface area (Å²) >= 11 is 0.993. The molecule has 3 atom stereocenters. The van der Waals surface area contributed by atoms with Gasteiger partial charge in [-0.25, -0.2) is 9.78 Å². The van der Waals surface area contributed by atoms with Gasteiger partial charge in [-0.15, -0.1) is 20.3 Å². The van der Waals surface area contributed by atoms with E-state index in [1.165, 1.54) is 19.2 Å². The Morgan fingerprint density at radius 3 is 2.59 bits per heavy atom. The van der Waals surface area contributed by atoms with Crippen LogP contribution in [-0.4, -0.2) is 94.1 Å². The van der Waals surface area contributed by atoms with E-state index in [4.69, 9.17) is 25.6 Å². The van der Waals surface area contributed by atoms with E-state index in [9.17, 15) is 27.9 Å². The van der Waals surface area contributed by atoms with Crippen LogP contribution in [0.15, 0.2) is 47.2 Å². The Kier molecular flexibility index (Phi) is 11.7. The Bertz CT molecular complexity index is 1870. The predicted octanol–water partition coefficient (Wildman–Crippen LogP) is 0.623. The summed E-state index contributed by atoms with van der Waals surface area (Å²) in [7, 11) is -4.99. The van der Waals surface area contributed by atoms with Crippen molar-refractivity contribution < 1.29 is 51.0 Å². The number of Topliss-reactive ketones (excluding diaryl/α,β-unsaturated/α-hetero) is 1. The van der Waals surface area contributed by atoms with Crippen molar-refractivity contribution in [1.29, 1.82) is 0 Å². The molecule has 2 aromatic heterocycles. The summed E-state index contributed by atoms with van der Waals surface area (Å²) in [6.07, 6.45) is 4.02. The topological polar surface area (TPSA) is 255 Å². The minimum absolute atomic E-state index is 0.0168. The number of aryl methyl sites for hydroxylation is 1. The number of anilines is 1. The van der Waals surface area contributed by atoms with Crippen molar-refractivity contribution in [3.63, 3.8) is 0 Å². The zero-order chi connectivity index (χ0) is 36.9. The van der Waals surface area contributed by atoms with Gasteiger partial charge >= 0.3 is 16.4 Å². The molecule has 5 rings (SSSR count). The van der Waals surface area contributed by atoms with E-state index in [-0.39, 0.29) is 10.8 Å². The fourth-order valence-corrected chi connectivity index (χ4v) is 6.86. The first-order chi connectivity index (χ1) is 24.2. The molecule has 51 heavy (non-hydrogen) atoms. The number of β-lactam (4-membered cyclic amide) rings is 1.